The Balaban J connectivity index is 1.80. The lowest BCUT2D eigenvalue weighted by Gasteiger charge is -2.23. The number of sulfone groups is 1. The number of anilines is 2. The minimum Gasteiger partial charge on any atom is -0.288 e. The van der Waals surface area contributed by atoms with Crippen LogP contribution in [0.5, 0.6) is 0 Å². The average Bonchev–Trinajstić information content (AvgIpc) is 3.04. The molecular weight excluding hydrogens is 400 g/mol. The Hall–Kier alpha value is -2.62. The summed E-state index contributed by atoms with van der Waals surface area (Å²) in [6.07, 6.45) is -4.60. The molecule has 0 spiro atoms. The number of benzene rings is 2. The molecule has 2 aromatic carbocycles. The summed E-state index contributed by atoms with van der Waals surface area (Å²) >= 11 is 0. The lowest BCUT2D eigenvalue weighted by molar-refractivity contribution is -0.137. The third kappa shape index (κ3) is 3.11. The second kappa shape index (κ2) is 6.20. The van der Waals surface area contributed by atoms with Crippen LogP contribution >= 0.6 is 0 Å². The zero-order chi connectivity index (χ0) is 20.3. The highest BCUT2D eigenvalue weighted by molar-refractivity contribution is 7.91. The van der Waals surface area contributed by atoms with Crippen molar-refractivity contribution in [3.63, 3.8) is 0 Å². The Bertz CT molecular complexity index is 1040. The molecule has 0 radical (unpaired) electrons. The highest BCUT2D eigenvalue weighted by atomic mass is 32.2. The summed E-state index contributed by atoms with van der Waals surface area (Å²) in [5, 5.41) is 0. The standard InChI is InChI=1S/C18H14F4N2O3S/c19-12-4-6-13(7-5-12)23-15-9-28(26,27)10-16(15)24(17(23)25)14-3-1-2-11(8-14)18(20,21)22/h1-8,15-16H,9-10H2/t15-,16-/m1/s1. The first-order chi connectivity index (χ1) is 13.1. The van der Waals surface area contributed by atoms with Gasteiger partial charge in [0.15, 0.2) is 9.84 Å². The Kier molecular flexibility index (Phi) is 4.14. The fraction of sp³-hybridized carbons (Fsp3) is 0.278. The number of hydrogen-bond donors (Lipinski definition) is 0. The van der Waals surface area contributed by atoms with E-state index in [1.54, 1.807) is 0 Å². The fourth-order valence-corrected chi connectivity index (χ4v) is 5.66. The van der Waals surface area contributed by atoms with Crippen molar-refractivity contribution in [1.29, 1.82) is 0 Å². The summed E-state index contributed by atoms with van der Waals surface area (Å²) < 4.78 is 76.8. The van der Waals surface area contributed by atoms with Crippen LogP contribution in [0.2, 0.25) is 0 Å². The van der Waals surface area contributed by atoms with Gasteiger partial charge in [0.2, 0.25) is 0 Å². The van der Waals surface area contributed by atoms with Crippen molar-refractivity contribution in [3.8, 4) is 0 Å². The number of carbonyl (C=O) groups is 1. The predicted molar refractivity (Wildman–Crippen MR) is 94.4 cm³/mol. The lowest BCUT2D eigenvalue weighted by atomic mass is 10.1. The third-order valence-corrected chi connectivity index (χ3v) is 6.62. The zero-order valence-electron chi connectivity index (χ0n) is 14.2. The summed E-state index contributed by atoms with van der Waals surface area (Å²) in [5.41, 5.74) is -0.681. The van der Waals surface area contributed by atoms with E-state index in [0.29, 0.717) is 0 Å². The van der Waals surface area contributed by atoms with Crippen LogP contribution in [0.3, 0.4) is 0 Å². The molecule has 2 aliphatic heterocycles. The number of nitrogens with zero attached hydrogens (tertiary/aromatic N) is 2. The second-order valence-electron chi connectivity index (χ2n) is 6.76. The molecule has 0 N–H and O–H groups in total. The second-order valence-corrected chi connectivity index (χ2v) is 8.91. The number of amides is 2. The first-order valence-corrected chi connectivity index (χ1v) is 10.1. The smallest absolute Gasteiger partial charge is 0.288 e. The number of rotatable bonds is 2. The molecule has 148 valence electrons. The number of hydrogen-bond acceptors (Lipinski definition) is 3. The highest BCUT2D eigenvalue weighted by Crippen LogP contribution is 2.39. The number of carbonyl (C=O) groups excluding carboxylic acids is 1. The van der Waals surface area contributed by atoms with Gasteiger partial charge in [-0.1, -0.05) is 6.07 Å². The van der Waals surface area contributed by atoms with Gasteiger partial charge < -0.3 is 0 Å². The molecule has 5 nitrogen and oxygen atoms in total. The van der Waals surface area contributed by atoms with Crippen molar-refractivity contribution in [2.24, 2.45) is 0 Å². The molecule has 0 bridgehead atoms. The van der Waals surface area contributed by atoms with Gasteiger partial charge in [0.1, 0.15) is 5.82 Å². The van der Waals surface area contributed by atoms with E-state index in [-0.39, 0.29) is 22.9 Å². The van der Waals surface area contributed by atoms with E-state index in [9.17, 15) is 30.8 Å². The van der Waals surface area contributed by atoms with Crippen molar-refractivity contribution >= 4 is 27.2 Å². The highest BCUT2D eigenvalue weighted by Gasteiger charge is 2.54. The maximum absolute atomic E-state index is 13.2. The number of alkyl halides is 3. The van der Waals surface area contributed by atoms with Gasteiger partial charge in [-0.25, -0.2) is 17.6 Å². The van der Waals surface area contributed by atoms with Crippen molar-refractivity contribution in [1.82, 2.24) is 0 Å². The molecule has 2 saturated heterocycles. The molecule has 28 heavy (non-hydrogen) atoms. The summed E-state index contributed by atoms with van der Waals surface area (Å²) in [6, 6.07) is 6.92. The lowest BCUT2D eigenvalue weighted by Crippen LogP contribution is -2.38. The minimum absolute atomic E-state index is 0.0310. The molecule has 0 saturated carbocycles. The molecular formula is C18H14F4N2O3S. The number of urea groups is 1. The van der Waals surface area contributed by atoms with E-state index in [4.69, 9.17) is 0 Å². The Morgan fingerprint density at radius 1 is 0.893 bits per heavy atom. The van der Waals surface area contributed by atoms with Gasteiger partial charge in [-0.2, -0.15) is 13.2 Å². The largest absolute Gasteiger partial charge is 0.416 e. The topological polar surface area (TPSA) is 57.7 Å². The van der Waals surface area contributed by atoms with Crippen LogP contribution in [0, 0.1) is 5.82 Å². The minimum atomic E-state index is -4.60. The maximum Gasteiger partial charge on any atom is 0.416 e. The van der Waals surface area contributed by atoms with E-state index in [0.717, 1.165) is 29.2 Å². The van der Waals surface area contributed by atoms with E-state index < -0.39 is 45.5 Å². The fourth-order valence-electron chi connectivity index (χ4n) is 3.74. The van der Waals surface area contributed by atoms with Gasteiger partial charge in [-0.05, 0) is 42.5 Å². The van der Waals surface area contributed by atoms with Gasteiger partial charge in [0.25, 0.3) is 0 Å². The first-order valence-electron chi connectivity index (χ1n) is 8.32. The number of halogens is 4. The van der Waals surface area contributed by atoms with Crippen LogP contribution < -0.4 is 9.80 Å². The summed E-state index contributed by atoms with van der Waals surface area (Å²) in [5.74, 6) is -1.19. The molecule has 2 heterocycles. The Morgan fingerprint density at radius 2 is 1.46 bits per heavy atom. The van der Waals surface area contributed by atoms with Crippen molar-refractivity contribution in [2.45, 2.75) is 18.3 Å². The molecule has 10 heteroatoms. The quantitative estimate of drug-likeness (QED) is 0.559. The normalized spacial score (nSPS) is 23.9. The zero-order valence-corrected chi connectivity index (χ0v) is 15.0. The molecule has 2 aromatic rings. The van der Waals surface area contributed by atoms with Gasteiger partial charge in [0, 0.05) is 11.4 Å². The van der Waals surface area contributed by atoms with Crippen LogP contribution in [0.1, 0.15) is 5.56 Å². The average molecular weight is 414 g/mol. The van der Waals surface area contributed by atoms with Crippen LogP contribution in [0.25, 0.3) is 0 Å². The third-order valence-electron chi connectivity index (χ3n) is 4.93. The molecule has 0 aromatic heterocycles. The van der Waals surface area contributed by atoms with E-state index in [2.05, 4.69) is 0 Å². The summed E-state index contributed by atoms with van der Waals surface area (Å²) in [4.78, 5) is 15.4. The van der Waals surface area contributed by atoms with Crippen molar-refractivity contribution in [3.05, 3.63) is 59.9 Å². The molecule has 2 aliphatic rings. The van der Waals surface area contributed by atoms with Crippen molar-refractivity contribution < 1.29 is 30.8 Å². The van der Waals surface area contributed by atoms with Crippen LogP contribution in [0.4, 0.5) is 33.7 Å². The number of fused-ring (bicyclic) bond motifs is 1. The monoisotopic (exact) mass is 414 g/mol. The van der Waals surface area contributed by atoms with Gasteiger partial charge in [-0.15, -0.1) is 0 Å². The van der Waals surface area contributed by atoms with E-state index in [1.807, 2.05) is 0 Å². The predicted octanol–water partition coefficient (Wildman–Crippen LogP) is 3.46. The molecule has 0 aliphatic carbocycles. The SMILES string of the molecule is O=C1N(c2ccc(F)cc2)[C@@H]2CS(=O)(=O)C[C@H]2N1c1cccc(C(F)(F)F)c1. The Morgan fingerprint density at radius 3 is 2.04 bits per heavy atom. The molecule has 2 fully saturated rings. The molecule has 2 atom stereocenters. The van der Waals surface area contributed by atoms with E-state index >= 15 is 0 Å². The van der Waals surface area contributed by atoms with E-state index in [1.165, 1.54) is 29.2 Å². The first kappa shape index (κ1) is 18.7. The van der Waals surface area contributed by atoms with Crippen LogP contribution in [-0.2, 0) is 16.0 Å². The molecule has 0 unspecified atom stereocenters. The Labute approximate surface area is 158 Å². The van der Waals surface area contributed by atoms with Crippen LogP contribution in [-0.4, -0.2) is 38.0 Å². The molecule has 2 amide bonds. The van der Waals surface area contributed by atoms with Crippen molar-refractivity contribution in [2.75, 3.05) is 21.3 Å². The summed E-state index contributed by atoms with van der Waals surface area (Å²) in [6.45, 7) is 0. The van der Waals surface area contributed by atoms with Gasteiger partial charge >= 0.3 is 12.2 Å². The van der Waals surface area contributed by atoms with Gasteiger partial charge in [0.05, 0.1) is 29.2 Å². The van der Waals surface area contributed by atoms with Crippen LogP contribution in [0.15, 0.2) is 48.5 Å². The summed E-state index contributed by atoms with van der Waals surface area (Å²) in [7, 11) is -3.49. The molecule has 4 rings (SSSR count). The maximum atomic E-state index is 13.2. The van der Waals surface area contributed by atoms with Gasteiger partial charge in [-0.3, -0.25) is 9.80 Å².